The van der Waals surface area contributed by atoms with Gasteiger partial charge in [-0.2, -0.15) is 5.26 Å². The first-order chi connectivity index (χ1) is 7.74. The van der Waals surface area contributed by atoms with Crippen LogP contribution in [0.4, 0.5) is 0 Å². The average molecular weight is 213 g/mol. The van der Waals surface area contributed by atoms with E-state index in [1.165, 1.54) is 0 Å². The summed E-state index contributed by atoms with van der Waals surface area (Å²) in [6, 6.07) is 8.82. The molecule has 3 heteroatoms. The number of ketones is 1. The van der Waals surface area contributed by atoms with Gasteiger partial charge < -0.3 is 5.11 Å². The first-order valence-electron chi connectivity index (χ1n) is 5.14. The molecule has 0 saturated heterocycles. The summed E-state index contributed by atoms with van der Waals surface area (Å²) in [5.41, 5.74) is 1.34. The first-order valence-corrected chi connectivity index (χ1v) is 5.14. The van der Waals surface area contributed by atoms with Crippen molar-refractivity contribution in [3.63, 3.8) is 0 Å². The van der Waals surface area contributed by atoms with E-state index < -0.39 is 6.10 Å². The predicted molar refractivity (Wildman–Crippen MR) is 58.4 cm³/mol. The number of hydrogen-bond acceptors (Lipinski definition) is 3. The number of benzene rings is 1. The van der Waals surface area contributed by atoms with Gasteiger partial charge in [0.05, 0.1) is 11.6 Å². The molecule has 0 heterocycles. The van der Waals surface area contributed by atoms with Crippen LogP contribution >= 0.6 is 0 Å². The molecule has 0 aromatic heterocycles. The quantitative estimate of drug-likeness (QED) is 0.815. The molecule has 1 N–H and O–H groups in total. The van der Waals surface area contributed by atoms with Gasteiger partial charge in [0.1, 0.15) is 6.10 Å². The summed E-state index contributed by atoms with van der Waals surface area (Å²) >= 11 is 0. The molecule has 0 fully saturated rings. The van der Waals surface area contributed by atoms with Crippen LogP contribution in [0.1, 0.15) is 30.1 Å². The number of nitrogens with zero attached hydrogens (tertiary/aromatic N) is 1. The summed E-state index contributed by atoms with van der Waals surface area (Å²) in [6.07, 6.45) is 1.92. The van der Waals surface area contributed by atoms with Crippen molar-refractivity contribution < 1.29 is 9.90 Å². The van der Waals surface area contributed by atoms with Crippen LogP contribution in [0, 0.1) is 11.3 Å². The van der Waals surface area contributed by atoms with Gasteiger partial charge in [0.2, 0.25) is 0 Å². The van der Waals surface area contributed by atoms with Crippen LogP contribution in [-0.4, -0.2) is 10.9 Å². The van der Waals surface area contributed by atoms with E-state index in [-0.39, 0.29) is 5.78 Å². The van der Waals surface area contributed by atoms with Crippen molar-refractivity contribution in [3.8, 4) is 6.07 Å². The maximum Gasteiger partial charge on any atom is 0.161 e. The Morgan fingerprint density at radius 3 is 2.75 bits per heavy atom. The van der Waals surface area contributed by atoms with Gasteiger partial charge in [-0.3, -0.25) is 4.79 Å². The Kier molecular flexibility index (Phi) is 2.84. The van der Waals surface area contributed by atoms with Crippen LogP contribution in [0.3, 0.4) is 0 Å². The molecule has 1 aliphatic carbocycles. The molecule has 0 amide bonds. The Bertz CT molecular complexity index is 497. The summed E-state index contributed by atoms with van der Waals surface area (Å²) in [5, 5.41) is 19.0. The zero-order valence-corrected chi connectivity index (χ0v) is 8.68. The third-order valence-electron chi connectivity index (χ3n) is 2.73. The summed E-state index contributed by atoms with van der Waals surface area (Å²) in [7, 11) is 0. The number of Topliss-reactive ketones (excluding diaryl/α,β-unsaturated/α-hetero) is 1. The van der Waals surface area contributed by atoms with E-state index in [4.69, 9.17) is 5.26 Å². The van der Waals surface area contributed by atoms with Crippen molar-refractivity contribution in [1.82, 2.24) is 0 Å². The Balaban J connectivity index is 2.38. The third kappa shape index (κ3) is 1.75. The van der Waals surface area contributed by atoms with E-state index in [1.807, 2.05) is 6.07 Å². The first kappa shape index (κ1) is 10.6. The largest absolute Gasteiger partial charge is 0.383 e. The molecule has 1 atom stereocenters. The summed E-state index contributed by atoms with van der Waals surface area (Å²) in [5.74, 6) is -0.0276. The molecule has 1 aliphatic rings. The van der Waals surface area contributed by atoms with Crippen molar-refractivity contribution in [2.24, 2.45) is 0 Å². The van der Waals surface area contributed by atoms with Gasteiger partial charge in [0, 0.05) is 17.6 Å². The monoisotopic (exact) mass is 213 g/mol. The molecule has 80 valence electrons. The smallest absolute Gasteiger partial charge is 0.161 e. The highest BCUT2D eigenvalue weighted by atomic mass is 16.3. The lowest BCUT2D eigenvalue weighted by molar-refractivity contribution is -0.115. The Morgan fingerprint density at radius 1 is 1.38 bits per heavy atom. The number of carbonyl (C=O) groups excluding carboxylic acids is 1. The second-order valence-electron chi connectivity index (χ2n) is 3.72. The molecule has 2 rings (SSSR count). The summed E-state index contributed by atoms with van der Waals surface area (Å²) in [4.78, 5) is 11.5. The highest BCUT2D eigenvalue weighted by Gasteiger charge is 2.24. The number of allylic oxidation sites excluding steroid dienone is 1. The third-order valence-corrected chi connectivity index (χ3v) is 2.73. The Labute approximate surface area is 93.6 Å². The lowest BCUT2D eigenvalue weighted by Gasteiger charge is -2.12. The molecular formula is C13H11NO2. The van der Waals surface area contributed by atoms with Crippen molar-refractivity contribution in [3.05, 3.63) is 47.0 Å². The van der Waals surface area contributed by atoms with Gasteiger partial charge in [-0.25, -0.2) is 0 Å². The van der Waals surface area contributed by atoms with E-state index in [2.05, 4.69) is 0 Å². The number of nitriles is 1. The van der Waals surface area contributed by atoms with Crippen LogP contribution in [0.15, 0.2) is 35.9 Å². The predicted octanol–water partition coefficient (Wildman–Crippen LogP) is 1.88. The molecule has 0 saturated carbocycles. The second-order valence-corrected chi connectivity index (χ2v) is 3.72. The zero-order valence-electron chi connectivity index (χ0n) is 8.68. The van der Waals surface area contributed by atoms with Gasteiger partial charge in [-0.1, -0.05) is 24.3 Å². The Morgan fingerprint density at radius 2 is 2.12 bits per heavy atom. The van der Waals surface area contributed by atoms with Gasteiger partial charge in [-0.05, 0) is 12.5 Å². The molecule has 0 radical (unpaired) electrons. The minimum absolute atomic E-state index is 0.0276. The maximum atomic E-state index is 11.5. The highest BCUT2D eigenvalue weighted by Crippen LogP contribution is 2.29. The normalized spacial score (nSPS) is 16.8. The van der Waals surface area contributed by atoms with E-state index in [1.54, 1.807) is 30.3 Å². The van der Waals surface area contributed by atoms with Crippen LogP contribution in [0.25, 0.3) is 0 Å². The minimum Gasteiger partial charge on any atom is -0.383 e. The van der Waals surface area contributed by atoms with Gasteiger partial charge in [-0.15, -0.1) is 0 Å². The van der Waals surface area contributed by atoms with Crippen molar-refractivity contribution >= 4 is 5.78 Å². The average Bonchev–Trinajstić information content (AvgIpc) is 2.74. The molecule has 0 bridgehead atoms. The Hall–Kier alpha value is -1.92. The number of aliphatic hydroxyl groups is 1. The van der Waals surface area contributed by atoms with Gasteiger partial charge in [0.15, 0.2) is 5.78 Å². The number of carbonyl (C=O) groups is 1. The van der Waals surface area contributed by atoms with Crippen molar-refractivity contribution in [2.45, 2.75) is 18.9 Å². The number of aliphatic hydroxyl groups excluding tert-OH is 1. The molecule has 16 heavy (non-hydrogen) atoms. The summed E-state index contributed by atoms with van der Waals surface area (Å²) < 4.78 is 0. The maximum absolute atomic E-state index is 11.5. The molecule has 1 aromatic rings. The van der Waals surface area contributed by atoms with Crippen molar-refractivity contribution in [2.75, 3.05) is 0 Å². The standard InChI is InChI=1S/C13H11NO2/c14-8-9-4-1-2-5-10(9)13(16)11-6-3-7-12(11)15/h1-2,4-6,13,16H,3,7H2. The minimum atomic E-state index is -0.967. The molecule has 1 unspecified atom stereocenters. The van der Waals surface area contributed by atoms with E-state index >= 15 is 0 Å². The number of hydrogen-bond donors (Lipinski definition) is 1. The van der Waals surface area contributed by atoms with Crippen LogP contribution in [-0.2, 0) is 4.79 Å². The van der Waals surface area contributed by atoms with Crippen molar-refractivity contribution in [1.29, 1.82) is 5.26 Å². The fraction of sp³-hybridized carbons (Fsp3) is 0.231. The van der Waals surface area contributed by atoms with Gasteiger partial charge >= 0.3 is 0 Å². The molecular weight excluding hydrogens is 202 g/mol. The lowest BCUT2D eigenvalue weighted by atomic mass is 9.96. The molecule has 0 aliphatic heterocycles. The summed E-state index contributed by atoms with van der Waals surface area (Å²) in [6.45, 7) is 0. The van der Waals surface area contributed by atoms with E-state index in [0.717, 1.165) is 0 Å². The van der Waals surface area contributed by atoms with Crippen LogP contribution in [0.2, 0.25) is 0 Å². The van der Waals surface area contributed by atoms with E-state index in [0.29, 0.717) is 29.5 Å². The van der Waals surface area contributed by atoms with E-state index in [9.17, 15) is 9.90 Å². The zero-order chi connectivity index (χ0) is 11.5. The molecule has 0 spiro atoms. The topological polar surface area (TPSA) is 61.1 Å². The molecule has 1 aromatic carbocycles. The van der Waals surface area contributed by atoms with Crippen LogP contribution in [0.5, 0.6) is 0 Å². The SMILES string of the molecule is N#Cc1ccccc1C(O)C1=CCCC1=O. The fourth-order valence-electron chi connectivity index (χ4n) is 1.89. The second kappa shape index (κ2) is 4.30. The lowest BCUT2D eigenvalue weighted by Crippen LogP contribution is -2.08. The number of rotatable bonds is 2. The fourth-order valence-corrected chi connectivity index (χ4v) is 1.89. The van der Waals surface area contributed by atoms with Crippen LogP contribution < -0.4 is 0 Å². The highest BCUT2D eigenvalue weighted by molar-refractivity contribution is 5.98. The molecule has 3 nitrogen and oxygen atoms in total. The van der Waals surface area contributed by atoms with Gasteiger partial charge in [0.25, 0.3) is 0 Å².